The van der Waals surface area contributed by atoms with E-state index in [2.05, 4.69) is 79.4 Å². The van der Waals surface area contributed by atoms with Gasteiger partial charge in [0.15, 0.2) is 0 Å². The first kappa shape index (κ1) is 15.7. The summed E-state index contributed by atoms with van der Waals surface area (Å²) in [6, 6.07) is 22.1. The molecule has 2 heteroatoms. The van der Waals surface area contributed by atoms with Crippen LogP contribution in [0.2, 0.25) is 0 Å². The van der Waals surface area contributed by atoms with E-state index in [0.717, 1.165) is 5.92 Å². The van der Waals surface area contributed by atoms with E-state index in [1.807, 2.05) is 0 Å². The van der Waals surface area contributed by atoms with Gasteiger partial charge in [-0.15, -0.1) is 0 Å². The van der Waals surface area contributed by atoms with E-state index in [4.69, 9.17) is 0 Å². The summed E-state index contributed by atoms with van der Waals surface area (Å²) in [5, 5.41) is 0. The molecule has 0 spiro atoms. The van der Waals surface area contributed by atoms with Crippen molar-refractivity contribution in [3.63, 3.8) is 0 Å². The van der Waals surface area contributed by atoms with Crippen molar-refractivity contribution >= 4 is 48.0 Å². The molecule has 0 fully saturated rings. The molecule has 1 unspecified atom stereocenters. The van der Waals surface area contributed by atoms with Crippen LogP contribution in [-0.2, 0) is 0 Å². The Labute approximate surface area is 134 Å². The molecule has 2 rings (SSSR count). The van der Waals surface area contributed by atoms with Crippen molar-refractivity contribution < 1.29 is 0 Å². The van der Waals surface area contributed by atoms with Gasteiger partial charge in [-0.3, -0.25) is 0 Å². The van der Waals surface area contributed by atoms with Crippen molar-refractivity contribution in [1.82, 2.24) is 0 Å². The van der Waals surface area contributed by atoms with Gasteiger partial charge in [-0.05, 0) is 0 Å². The van der Waals surface area contributed by atoms with Gasteiger partial charge in [-0.1, -0.05) is 0 Å². The van der Waals surface area contributed by atoms with Gasteiger partial charge in [0.25, 0.3) is 0 Å². The Morgan fingerprint density at radius 1 is 0.950 bits per heavy atom. The predicted octanol–water partition coefficient (Wildman–Crippen LogP) is 1.53. The molecule has 0 saturated carbocycles. The number of hydrogen-bond donors (Lipinski definition) is 0. The third-order valence-corrected chi connectivity index (χ3v) is 11.9. The molecule has 0 heterocycles. The Morgan fingerprint density at radius 3 is 2.05 bits per heavy atom. The van der Waals surface area contributed by atoms with Crippen LogP contribution in [0, 0.1) is 5.92 Å². The Bertz CT molecular complexity index is 571. The van der Waals surface area contributed by atoms with Crippen LogP contribution in [0.15, 0.2) is 60.7 Å². The molecule has 2 aromatic carbocycles. The summed E-state index contributed by atoms with van der Waals surface area (Å²) in [4.78, 5) is 2.65. The van der Waals surface area contributed by atoms with E-state index >= 15 is 0 Å². The third-order valence-electron chi connectivity index (χ3n) is 3.58. The van der Waals surface area contributed by atoms with Crippen LogP contribution in [0.4, 0.5) is 0 Å². The molecule has 0 radical (unpaired) electrons. The van der Waals surface area contributed by atoms with Crippen LogP contribution in [0.5, 0.6) is 0 Å². The molecule has 0 aliphatic carbocycles. The first-order valence-electron chi connectivity index (χ1n) is 7.29. The average molecular weight is 384 g/mol. The fraction of sp³-hybridized carbons (Fsp3) is 0.222. The minimum absolute atomic E-state index is 0.415. The SMILES string of the molecule is CCC(C)[C]([CH]=[GeH][c]1ccccc1)=[GeH][c]1ccccc1. The van der Waals surface area contributed by atoms with Crippen LogP contribution in [0.1, 0.15) is 20.3 Å². The summed E-state index contributed by atoms with van der Waals surface area (Å²) < 4.78 is 4.95. The molecule has 2 aromatic rings. The van der Waals surface area contributed by atoms with E-state index in [1.165, 1.54) is 6.42 Å². The predicted molar refractivity (Wildman–Crippen MR) is 97.0 cm³/mol. The molecule has 0 saturated heterocycles. The van der Waals surface area contributed by atoms with Crippen molar-refractivity contribution in [3.05, 3.63) is 60.7 Å². The van der Waals surface area contributed by atoms with E-state index in [0.29, 0.717) is 0 Å². The van der Waals surface area contributed by atoms with Gasteiger partial charge in [0.2, 0.25) is 0 Å². The van der Waals surface area contributed by atoms with Crippen LogP contribution < -0.4 is 8.79 Å². The van der Waals surface area contributed by atoms with Crippen molar-refractivity contribution in [2.24, 2.45) is 5.92 Å². The van der Waals surface area contributed by atoms with Gasteiger partial charge in [0.05, 0.1) is 0 Å². The summed E-state index contributed by atoms with van der Waals surface area (Å²) >= 11 is -0.860. The molecule has 0 amide bonds. The zero-order valence-electron chi connectivity index (χ0n) is 12.3. The second-order valence-corrected chi connectivity index (χ2v) is 11.3. The van der Waals surface area contributed by atoms with Crippen molar-refractivity contribution in [1.29, 1.82) is 0 Å². The molecule has 0 aliphatic rings. The molecule has 0 nitrogen and oxygen atoms in total. The Hall–Kier alpha value is -0.734. The molecule has 0 N–H and O–H groups in total. The summed E-state index contributed by atoms with van der Waals surface area (Å²) in [7, 11) is 0. The third kappa shape index (κ3) is 4.99. The van der Waals surface area contributed by atoms with Gasteiger partial charge in [0, 0.05) is 0 Å². The fourth-order valence-corrected chi connectivity index (χ4v) is 9.59. The van der Waals surface area contributed by atoms with Crippen LogP contribution in [0.3, 0.4) is 0 Å². The second-order valence-electron chi connectivity index (χ2n) is 5.11. The summed E-state index contributed by atoms with van der Waals surface area (Å²) in [6.07, 6.45) is 1.27. The van der Waals surface area contributed by atoms with Crippen molar-refractivity contribution in [2.45, 2.75) is 20.3 Å². The second kappa shape index (κ2) is 8.53. The molecule has 0 aromatic heterocycles. The summed E-state index contributed by atoms with van der Waals surface area (Å²) in [5.74, 6) is 0.760. The van der Waals surface area contributed by atoms with Gasteiger partial charge in [0.1, 0.15) is 0 Å². The molecule has 102 valence electrons. The van der Waals surface area contributed by atoms with Crippen LogP contribution in [0.25, 0.3) is 0 Å². The minimum atomic E-state index is -0.444. The number of rotatable bonds is 5. The van der Waals surface area contributed by atoms with Crippen LogP contribution in [-0.4, -0.2) is 39.2 Å². The van der Waals surface area contributed by atoms with Crippen molar-refractivity contribution in [2.75, 3.05) is 0 Å². The molecule has 0 bridgehead atoms. The quantitative estimate of drug-likeness (QED) is 0.687. The zero-order valence-corrected chi connectivity index (χ0v) is 17.1. The molecular formula is C18H22Ge2. The van der Waals surface area contributed by atoms with Gasteiger partial charge in [-0.2, -0.15) is 0 Å². The van der Waals surface area contributed by atoms with E-state index in [9.17, 15) is 0 Å². The summed E-state index contributed by atoms with van der Waals surface area (Å²) in [5.41, 5.74) is 0. The molecule has 20 heavy (non-hydrogen) atoms. The normalized spacial score (nSPS) is 13.6. The zero-order chi connectivity index (χ0) is 14.2. The fourth-order valence-electron chi connectivity index (χ4n) is 2.09. The number of hydrogen-bond acceptors (Lipinski definition) is 0. The van der Waals surface area contributed by atoms with Gasteiger partial charge < -0.3 is 0 Å². The Kier molecular flexibility index (Phi) is 6.67. The molecule has 1 atom stereocenters. The Morgan fingerprint density at radius 2 is 1.50 bits per heavy atom. The van der Waals surface area contributed by atoms with E-state index in [1.54, 1.807) is 13.1 Å². The summed E-state index contributed by atoms with van der Waals surface area (Å²) in [6.45, 7) is 4.71. The standard InChI is InChI=1S/C18H22Ge2/c1-3-15(2)18(20-17-12-8-5-9-13-17)14-19-16-10-6-4-7-11-16/h4-15,19-20H,3H2,1-2H3. The first-order valence-corrected chi connectivity index (χ1v) is 12.3. The van der Waals surface area contributed by atoms with Crippen molar-refractivity contribution in [3.8, 4) is 0 Å². The monoisotopic (exact) mass is 386 g/mol. The maximum atomic E-state index is 2.65. The maximum absolute atomic E-state index is 2.65. The average Bonchev–Trinajstić information content (AvgIpc) is 2.52. The van der Waals surface area contributed by atoms with Gasteiger partial charge >= 0.3 is 135 Å². The molecular weight excluding hydrogens is 361 g/mol. The molecule has 0 aliphatic heterocycles. The Balaban J connectivity index is 2.25. The first-order chi connectivity index (χ1) is 9.79. The number of benzene rings is 2. The van der Waals surface area contributed by atoms with E-state index in [-0.39, 0.29) is 0 Å². The van der Waals surface area contributed by atoms with Crippen LogP contribution >= 0.6 is 0 Å². The van der Waals surface area contributed by atoms with Gasteiger partial charge in [-0.25, -0.2) is 0 Å². The topological polar surface area (TPSA) is 0 Å². The van der Waals surface area contributed by atoms with E-state index < -0.39 is 30.0 Å².